The Morgan fingerprint density at radius 2 is 2.14 bits per heavy atom. The van der Waals surface area contributed by atoms with Crippen molar-refractivity contribution < 1.29 is 9.50 Å². The topological polar surface area (TPSA) is 89.8 Å². The maximum Gasteiger partial charge on any atom is 0.164 e. The van der Waals surface area contributed by atoms with Crippen LogP contribution in [0.5, 0.6) is 5.75 Å². The average Bonchev–Trinajstić information content (AvgIpc) is 2.88. The van der Waals surface area contributed by atoms with Crippen LogP contribution in [0.15, 0.2) is 24.5 Å². The molecule has 0 saturated carbocycles. The Hall–Kier alpha value is -2.70. The fourth-order valence-corrected chi connectivity index (χ4v) is 2.36. The fraction of sp³-hybridized carbons (Fsp3) is 0.267. The van der Waals surface area contributed by atoms with Gasteiger partial charge in [-0.3, -0.25) is 0 Å². The predicted octanol–water partition coefficient (Wildman–Crippen LogP) is 2.72. The fourth-order valence-electron chi connectivity index (χ4n) is 2.36. The summed E-state index contributed by atoms with van der Waals surface area (Å²) in [4.78, 5) is 8.26. The van der Waals surface area contributed by atoms with Crippen LogP contribution in [0, 0.1) is 5.82 Å². The zero-order chi connectivity index (χ0) is 15.7. The highest BCUT2D eigenvalue weighted by Crippen LogP contribution is 2.32. The first-order valence-electron chi connectivity index (χ1n) is 7.07. The highest BCUT2D eigenvalue weighted by Gasteiger charge is 2.17. The number of aromatic hydroxyl groups is 1. The lowest BCUT2D eigenvalue weighted by Crippen LogP contribution is -2.01. The van der Waals surface area contributed by atoms with Gasteiger partial charge in [-0.05, 0) is 24.6 Å². The lowest BCUT2D eigenvalue weighted by molar-refractivity contribution is 0.432. The zero-order valence-corrected chi connectivity index (χ0v) is 12.1. The summed E-state index contributed by atoms with van der Waals surface area (Å²) in [6.45, 7) is 2.80. The number of hydrogen-bond donors (Lipinski definition) is 2. The molecule has 0 radical (unpaired) electrons. The number of nitrogens with two attached hydrogens (primary N) is 1. The molecule has 0 aliphatic carbocycles. The predicted molar refractivity (Wildman–Crippen MR) is 81.7 cm³/mol. The average molecular weight is 301 g/mol. The van der Waals surface area contributed by atoms with Crippen LogP contribution < -0.4 is 5.73 Å². The van der Waals surface area contributed by atoms with Crippen molar-refractivity contribution >= 4 is 16.9 Å². The number of aromatic nitrogens is 4. The van der Waals surface area contributed by atoms with Crippen LogP contribution in [0.3, 0.4) is 0 Å². The molecule has 2 aromatic heterocycles. The third-order valence-electron chi connectivity index (χ3n) is 3.50. The Labute approximate surface area is 126 Å². The largest absolute Gasteiger partial charge is 0.505 e. The quantitative estimate of drug-likeness (QED) is 0.773. The number of phenols is 1. The van der Waals surface area contributed by atoms with Gasteiger partial charge in [0.05, 0.1) is 5.39 Å². The Kier molecular flexibility index (Phi) is 3.62. The van der Waals surface area contributed by atoms with Gasteiger partial charge < -0.3 is 10.8 Å². The molecule has 0 spiro atoms. The number of anilines is 1. The number of aryl methyl sites for hydroxylation is 1. The van der Waals surface area contributed by atoms with Crippen molar-refractivity contribution in [2.75, 3.05) is 5.73 Å². The van der Waals surface area contributed by atoms with Gasteiger partial charge in [-0.15, -0.1) is 0 Å². The van der Waals surface area contributed by atoms with E-state index in [4.69, 9.17) is 5.73 Å². The molecule has 0 aliphatic rings. The van der Waals surface area contributed by atoms with Gasteiger partial charge in [0.1, 0.15) is 17.8 Å². The first-order chi connectivity index (χ1) is 10.6. The van der Waals surface area contributed by atoms with Crippen molar-refractivity contribution in [3.63, 3.8) is 0 Å². The van der Waals surface area contributed by atoms with E-state index in [1.54, 1.807) is 10.7 Å². The molecule has 6 nitrogen and oxygen atoms in total. The van der Waals surface area contributed by atoms with Crippen LogP contribution >= 0.6 is 0 Å². The number of phenolic OH excluding ortho intramolecular Hbond substituents is 1. The lowest BCUT2D eigenvalue weighted by atomic mass is 10.1. The first-order valence-corrected chi connectivity index (χ1v) is 7.07. The molecule has 3 rings (SSSR count). The molecule has 0 atom stereocenters. The number of rotatable bonds is 4. The molecule has 0 unspecified atom stereocenters. The molecular formula is C15H16FN5O. The van der Waals surface area contributed by atoms with Crippen molar-refractivity contribution in [1.82, 2.24) is 19.7 Å². The van der Waals surface area contributed by atoms with Gasteiger partial charge in [0.25, 0.3) is 0 Å². The standard InChI is InChI=1S/C15H16FN5O/c1-2-3-6-21-15-12(14(17)18-8-19-15)13(20-21)9-4-5-10(16)11(22)7-9/h4-5,7-8,22H,2-3,6H2,1H3,(H2,17,18,19). The van der Waals surface area contributed by atoms with Crippen molar-refractivity contribution in [2.24, 2.45) is 0 Å². The smallest absolute Gasteiger partial charge is 0.164 e. The molecule has 114 valence electrons. The molecule has 7 heteroatoms. The van der Waals surface area contributed by atoms with Gasteiger partial charge in [0.15, 0.2) is 17.2 Å². The van der Waals surface area contributed by atoms with Crippen LogP contribution in [-0.4, -0.2) is 24.9 Å². The van der Waals surface area contributed by atoms with E-state index < -0.39 is 11.6 Å². The first kappa shape index (κ1) is 14.2. The summed E-state index contributed by atoms with van der Waals surface area (Å²) in [6, 6.07) is 4.07. The van der Waals surface area contributed by atoms with E-state index in [0.717, 1.165) is 12.8 Å². The number of nitrogens with zero attached hydrogens (tertiary/aromatic N) is 4. The summed E-state index contributed by atoms with van der Waals surface area (Å²) in [5.74, 6) is -0.793. The SMILES string of the molecule is CCCCn1nc(-c2ccc(F)c(O)c2)c2c(N)ncnc21. The highest BCUT2D eigenvalue weighted by atomic mass is 19.1. The van der Waals surface area contributed by atoms with E-state index in [-0.39, 0.29) is 0 Å². The normalized spacial score (nSPS) is 11.2. The number of halogens is 1. The maximum atomic E-state index is 13.3. The molecule has 0 aliphatic heterocycles. The second-order valence-electron chi connectivity index (χ2n) is 5.05. The molecule has 0 bridgehead atoms. The van der Waals surface area contributed by atoms with E-state index >= 15 is 0 Å². The molecule has 0 amide bonds. The number of hydrogen-bond acceptors (Lipinski definition) is 5. The summed E-state index contributed by atoms with van der Waals surface area (Å²) in [5.41, 5.74) is 7.71. The molecule has 3 aromatic rings. The van der Waals surface area contributed by atoms with Crippen molar-refractivity contribution in [2.45, 2.75) is 26.3 Å². The van der Waals surface area contributed by atoms with E-state index in [1.165, 1.54) is 18.5 Å². The molecule has 0 saturated heterocycles. The van der Waals surface area contributed by atoms with Gasteiger partial charge in [0.2, 0.25) is 0 Å². The van der Waals surface area contributed by atoms with Crippen LogP contribution in [0.1, 0.15) is 19.8 Å². The summed E-state index contributed by atoms with van der Waals surface area (Å²) in [7, 11) is 0. The number of fused-ring (bicyclic) bond motifs is 1. The molecule has 0 fully saturated rings. The summed E-state index contributed by atoms with van der Waals surface area (Å²) < 4.78 is 15.0. The summed E-state index contributed by atoms with van der Waals surface area (Å²) >= 11 is 0. The van der Waals surface area contributed by atoms with Crippen LogP contribution in [-0.2, 0) is 6.54 Å². The third-order valence-corrected chi connectivity index (χ3v) is 3.50. The highest BCUT2D eigenvalue weighted by molar-refractivity contribution is 5.98. The molecule has 3 N–H and O–H groups in total. The van der Waals surface area contributed by atoms with Gasteiger partial charge in [-0.25, -0.2) is 19.0 Å². The second-order valence-corrected chi connectivity index (χ2v) is 5.05. The van der Waals surface area contributed by atoms with Crippen LogP contribution in [0.4, 0.5) is 10.2 Å². The van der Waals surface area contributed by atoms with Gasteiger partial charge in [-0.1, -0.05) is 13.3 Å². The van der Waals surface area contributed by atoms with Crippen LogP contribution in [0.2, 0.25) is 0 Å². The second kappa shape index (κ2) is 5.59. The number of nitrogen functional groups attached to an aromatic ring is 1. The van der Waals surface area contributed by atoms with E-state index in [1.807, 2.05) is 0 Å². The molecular weight excluding hydrogens is 285 g/mol. The minimum atomic E-state index is -0.678. The van der Waals surface area contributed by atoms with Crippen LogP contribution in [0.25, 0.3) is 22.3 Å². The van der Waals surface area contributed by atoms with Gasteiger partial charge >= 0.3 is 0 Å². The summed E-state index contributed by atoms with van der Waals surface area (Å²) in [5, 5.41) is 14.7. The van der Waals surface area contributed by atoms with Gasteiger partial charge in [0, 0.05) is 12.1 Å². The third kappa shape index (κ3) is 2.34. The Morgan fingerprint density at radius 3 is 2.86 bits per heavy atom. The minimum Gasteiger partial charge on any atom is -0.505 e. The number of unbranched alkanes of at least 4 members (excludes halogenated alkanes) is 1. The summed E-state index contributed by atoms with van der Waals surface area (Å²) in [6.07, 6.45) is 3.37. The van der Waals surface area contributed by atoms with E-state index in [9.17, 15) is 9.50 Å². The lowest BCUT2D eigenvalue weighted by Gasteiger charge is -2.01. The minimum absolute atomic E-state index is 0.312. The monoisotopic (exact) mass is 301 g/mol. The van der Waals surface area contributed by atoms with E-state index in [2.05, 4.69) is 22.0 Å². The molecule has 1 aromatic carbocycles. The van der Waals surface area contributed by atoms with Crippen molar-refractivity contribution in [1.29, 1.82) is 0 Å². The molecule has 2 heterocycles. The molecule has 22 heavy (non-hydrogen) atoms. The van der Waals surface area contributed by atoms with Crippen molar-refractivity contribution in [3.05, 3.63) is 30.3 Å². The Balaban J connectivity index is 2.22. The Morgan fingerprint density at radius 1 is 1.32 bits per heavy atom. The van der Waals surface area contributed by atoms with E-state index in [0.29, 0.717) is 34.7 Å². The maximum absolute atomic E-state index is 13.3. The van der Waals surface area contributed by atoms with Crippen molar-refractivity contribution in [3.8, 4) is 17.0 Å². The Bertz CT molecular complexity index is 830. The number of benzene rings is 1. The zero-order valence-electron chi connectivity index (χ0n) is 12.1. The van der Waals surface area contributed by atoms with Gasteiger partial charge in [-0.2, -0.15) is 5.10 Å².